The van der Waals surface area contributed by atoms with E-state index in [1.165, 1.54) is 0 Å². The monoisotopic (exact) mass is 278 g/mol. The largest absolute Gasteiger partial charge is 0.326 e. The first kappa shape index (κ1) is 13.7. The standard InChI is InChI=1S/C13H18N4OS/c1-7(2)6-17-11(15-16-13(17)19)10-8(3)5-9(4)14-12(10)18/h5,7H,6H2,1-4H3,(H,14,18)(H,16,19). The summed E-state index contributed by atoms with van der Waals surface area (Å²) in [4.78, 5) is 15.0. The fraction of sp³-hybridized carbons (Fsp3) is 0.462. The summed E-state index contributed by atoms with van der Waals surface area (Å²) >= 11 is 5.24. The van der Waals surface area contributed by atoms with Crippen molar-refractivity contribution in [1.82, 2.24) is 19.7 Å². The predicted octanol–water partition coefficient (Wildman–Crippen LogP) is 2.57. The van der Waals surface area contributed by atoms with E-state index < -0.39 is 0 Å². The summed E-state index contributed by atoms with van der Waals surface area (Å²) in [6, 6.07) is 1.94. The molecule has 0 saturated heterocycles. The third kappa shape index (κ3) is 2.68. The van der Waals surface area contributed by atoms with Gasteiger partial charge in [0.25, 0.3) is 5.56 Å². The first-order chi connectivity index (χ1) is 8.90. The highest BCUT2D eigenvalue weighted by Crippen LogP contribution is 2.18. The molecule has 0 unspecified atom stereocenters. The predicted molar refractivity (Wildman–Crippen MR) is 77.8 cm³/mol. The smallest absolute Gasteiger partial charge is 0.259 e. The van der Waals surface area contributed by atoms with Gasteiger partial charge in [0.05, 0.1) is 5.56 Å². The van der Waals surface area contributed by atoms with Crippen LogP contribution in [0.1, 0.15) is 25.1 Å². The van der Waals surface area contributed by atoms with Crippen molar-refractivity contribution >= 4 is 12.2 Å². The molecule has 19 heavy (non-hydrogen) atoms. The van der Waals surface area contributed by atoms with Crippen molar-refractivity contribution in [2.75, 3.05) is 0 Å². The first-order valence-corrected chi connectivity index (χ1v) is 6.67. The number of H-pyrrole nitrogens is 2. The second kappa shape index (κ2) is 5.13. The van der Waals surface area contributed by atoms with E-state index in [4.69, 9.17) is 12.2 Å². The van der Waals surface area contributed by atoms with Gasteiger partial charge >= 0.3 is 0 Å². The summed E-state index contributed by atoms with van der Waals surface area (Å²) < 4.78 is 2.43. The molecule has 0 amide bonds. The number of aromatic amines is 2. The molecule has 5 nitrogen and oxygen atoms in total. The van der Waals surface area contributed by atoms with Crippen LogP contribution >= 0.6 is 12.2 Å². The zero-order valence-electron chi connectivity index (χ0n) is 11.6. The molecule has 0 bridgehead atoms. The van der Waals surface area contributed by atoms with Crippen molar-refractivity contribution in [3.05, 3.63) is 32.4 Å². The van der Waals surface area contributed by atoms with E-state index in [1.54, 1.807) is 0 Å². The van der Waals surface area contributed by atoms with Gasteiger partial charge in [0.15, 0.2) is 10.6 Å². The van der Waals surface area contributed by atoms with Gasteiger partial charge in [-0.1, -0.05) is 13.8 Å². The van der Waals surface area contributed by atoms with Crippen LogP contribution in [0.25, 0.3) is 11.4 Å². The van der Waals surface area contributed by atoms with Gasteiger partial charge in [0, 0.05) is 12.2 Å². The molecule has 0 spiro atoms. The van der Waals surface area contributed by atoms with E-state index >= 15 is 0 Å². The Kier molecular flexibility index (Phi) is 3.71. The van der Waals surface area contributed by atoms with Crippen molar-refractivity contribution in [2.45, 2.75) is 34.2 Å². The Labute approximate surface area is 116 Å². The summed E-state index contributed by atoms with van der Waals surface area (Å²) in [6.07, 6.45) is 0. The number of nitrogens with one attached hydrogen (secondary N) is 2. The molecule has 6 heteroatoms. The molecule has 2 aromatic rings. The number of pyridine rings is 1. The molecule has 2 rings (SSSR count). The quantitative estimate of drug-likeness (QED) is 0.848. The number of hydrogen-bond acceptors (Lipinski definition) is 3. The average Bonchev–Trinajstić information content (AvgIpc) is 2.59. The molecule has 0 radical (unpaired) electrons. The Morgan fingerprint density at radius 1 is 1.42 bits per heavy atom. The molecule has 0 fully saturated rings. The minimum Gasteiger partial charge on any atom is -0.326 e. The lowest BCUT2D eigenvalue weighted by Gasteiger charge is -2.10. The van der Waals surface area contributed by atoms with Crippen molar-refractivity contribution in [3.63, 3.8) is 0 Å². The van der Waals surface area contributed by atoms with E-state index in [1.807, 2.05) is 24.5 Å². The molecular weight excluding hydrogens is 260 g/mol. The van der Waals surface area contributed by atoms with Gasteiger partial charge < -0.3 is 4.98 Å². The lowest BCUT2D eigenvalue weighted by Crippen LogP contribution is -2.16. The van der Waals surface area contributed by atoms with Crippen molar-refractivity contribution in [2.24, 2.45) is 5.92 Å². The summed E-state index contributed by atoms with van der Waals surface area (Å²) in [5, 5.41) is 6.99. The molecule has 2 N–H and O–H groups in total. The molecule has 0 aliphatic heterocycles. The molecule has 0 saturated carbocycles. The number of aromatic nitrogens is 4. The number of rotatable bonds is 3. The van der Waals surface area contributed by atoms with Crippen molar-refractivity contribution in [3.8, 4) is 11.4 Å². The Hall–Kier alpha value is -1.69. The van der Waals surface area contributed by atoms with Gasteiger partial charge in [-0.3, -0.25) is 14.5 Å². The van der Waals surface area contributed by atoms with Crippen molar-refractivity contribution in [1.29, 1.82) is 0 Å². The van der Waals surface area contributed by atoms with E-state index in [-0.39, 0.29) is 5.56 Å². The summed E-state index contributed by atoms with van der Waals surface area (Å²) in [5.41, 5.74) is 2.20. The fourth-order valence-electron chi connectivity index (χ4n) is 2.17. The summed E-state index contributed by atoms with van der Waals surface area (Å²) in [6.45, 7) is 8.71. The van der Waals surface area contributed by atoms with Crippen LogP contribution in [0.4, 0.5) is 0 Å². The first-order valence-electron chi connectivity index (χ1n) is 6.26. The van der Waals surface area contributed by atoms with Crippen molar-refractivity contribution < 1.29 is 0 Å². The molecule has 0 aliphatic carbocycles. The molecule has 0 aliphatic rings. The van der Waals surface area contributed by atoms with Crippen LogP contribution in [0.15, 0.2) is 10.9 Å². The highest BCUT2D eigenvalue weighted by molar-refractivity contribution is 7.71. The van der Waals surface area contributed by atoms with Gasteiger partial charge in [-0.25, -0.2) is 0 Å². The highest BCUT2D eigenvalue weighted by atomic mass is 32.1. The lowest BCUT2D eigenvalue weighted by atomic mass is 10.1. The third-order valence-electron chi connectivity index (χ3n) is 2.89. The maximum atomic E-state index is 12.2. The van der Waals surface area contributed by atoms with Crippen LogP contribution < -0.4 is 5.56 Å². The highest BCUT2D eigenvalue weighted by Gasteiger charge is 2.16. The third-order valence-corrected chi connectivity index (χ3v) is 3.21. The summed E-state index contributed by atoms with van der Waals surface area (Å²) in [5.74, 6) is 1.03. The average molecular weight is 278 g/mol. The number of hydrogen-bond donors (Lipinski definition) is 2. The summed E-state index contributed by atoms with van der Waals surface area (Å²) in [7, 11) is 0. The van der Waals surface area contributed by atoms with E-state index in [9.17, 15) is 4.79 Å². The van der Waals surface area contributed by atoms with E-state index in [0.717, 1.165) is 17.8 Å². The van der Waals surface area contributed by atoms with Gasteiger partial charge in [-0.2, -0.15) is 5.10 Å². The molecule has 102 valence electrons. The van der Waals surface area contributed by atoms with Gasteiger partial charge in [-0.15, -0.1) is 0 Å². The maximum Gasteiger partial charge on any atom is 0.259 e. The molecule has 2 heterocycles. The van der Waals surface area contributed by atoms with Crippen LogP contribution in [0, 0.1) is 24.5 Å². The SMILES string of the molecule is Cc1cc(C)c(-c2n[nH]c(=S)n2CC(C)C)c(=O)[nH]1. The Morgan fingerprint density at radius 3 is 2.68 bits per heavy atom. The van der Waals surface area contributed by atoms with Crippen LogP contribution in [0.3, 0.4) is 0 Å². The maximum absolute atomic E-state index is 12.2. The normalized spacial score (nSPS) is 11.2. The minimum absolute atomic E-state index is 0.128. The van der Waals surface area contributed by atoms with Crippen LogP contribution in [-0.4, -0.2) is 19.7 Å². The van der Waals surface area contributed by atoms with Gasteiger partial charge in [0.1, 0.15) is 0 Å². The second-order valence-corrected chi connectivity index (χ2v) is 5.58. The lowest BCUT2D eigenvalue weighted by molar-refractivity contribution is 0.521. The molecular formula is C13H18N4OS. The van der Waals surface area contributed by atoms with E-state index in [0.29, 0.717) is 22.1 Å². The second-order valence-electron chi connectivity index (χ2n) is 5.20. The fourth-order valence-corrected chi connectivity index (χ4v) is 2.38. The number of nitrogens with zero attached hydrogens (tertiary/aromatic N) is 2. The Morgan fingerprint density at radius 2 is 2.11 bits per heavy atom. The Bertz CT molecular complexity index is 708. The molecule has 0 atom stereocenters. The van der Waals surface area contributed by atoms with Gasteiger partial charge in [-0.05, 0) is 43.6 Å². The topological polar surface area (TPSA) is 66.5 Å². The van der Waals surface area contributed by atoms with Crippen LogP contribution in [-0.2, 0) is 6.54 Å². The minimum atomic E-state index is -0.128. The molecule has 2 aromatic heterocycles. The molecule has 0 aromatic carbocycles. The van der Waals surface area contributed by atoms with Gasteiger partial charge in [0.2, 0.25) is 0 Å². The zero-order valence-corrected chi connectivity index (χ0v) is 12.4. The van der Waals surface area contributed by atoms with Crippen LogP contribution in [0.2, 0.25) is 0 Å². The number of aryl methyl sites for hydroxylation is 2. The Balaban J connectivity index is 2.67. The van der Waals surface area contributed by atoms with Crippen LogP contribution in [0.5, 0.6) is 0 Å². The zero-order chi connectivity index (χ0) is 14.2. The van der Waals surface area contributed by atoms with E-state index in [2.05, 4.69) is 29.0 Å².